The molecule has 0 aliphatic heterocycles. The molecule has 0 spiro atoms. The zero-order valence-electron chi connectivity index (χ0n) is 19.9. The Kier molecular flexibility index (Phi) is 8.32. The number of alkyl halides is 3. The van der Waals surface area contributed by atoms with Gasteiger partial charge < -0.3 is 5.32 Å². The number of amides is 1. The molecule has 1 saturated carbocycles. The second kappa shape index (κ2) is 11.1. The first-order valence-electron chi connectivity index (χ1n) is 11.7. The van der Waals surface area contributed by atoms with Gasteiger partial charge in [-0.05, 0) is 85.2 Å². The molecule has 1 aliphatic rings. The van der Waals surface area contributed by atoms with E-state index in [9.17, 15) is 26.4 Å². The van der Waals surface area contributed by atoms with Gasteiger partial charge in [-0.15, -0.1) is 11.3 Å². The summed E-state index contributed by atoms with van der Waals surface area (Å²) >= 11 is 6.93. The summed E-state index contributed by atoms with van der Waals surface area (Å²) in [5, 5.41) is 2.79. The van der Waals surface area contributed by atoms with Gasteiger partial charge in [-0.25, -0.2) is 13.1 Å². The van der Waals surface area contributed by atoms with E-state index in [1.54, 1.807) is 12.1 Å². The van der Waals surface area contributed by atoms with E-state index < -0.39 is 21.8 Å². The number of benzene rings is 2. The summed E-state index contributed by atoms with van der Waals surface area (Å²) < 4.78 is 67.1. The Labute approximate surface area is 223 Å². The lowest BCUT2D eigenvalue weighted by atomic mass is 9.92. The van der Waals surface area contributed by atoms with Crippen molar-refractivity contribution in [1.29, 1.82) is 0 Å². The van der Waals surface area contributed by atoms with Crippen LogP contribution >= 0.6 is 22.9 Å². The summed E-state index contributed by atoms with van der Waals surface area (Å²) in [6.45, 7) is 1.93. The standard InChI is InChI=1S/C26H26ClF3N2O3S2/c1-16-13-21(31-24(33)14-17-5-8-20(9-6-17)26(28,29)30)10-7-18(16)15-19-3-2-4-22(19)32-37(34,35)25-12-11-23(27)36-25/h5-13,19,22,32H,2-4,14-15H2,1H3,(H,31,33)/t19-,22-/m0/s1. The molecule has 0 radical (unpaired) electrons. The van der Waals surface area contributed by atoms with Gasteiger partial charge in [0.25, 0.3) is 0 Å². The molecule has 4 rings (SSSR count). The van der Waals surface area contributed by atoms with Crippen molar-refractivity contribution in [3.63, 3.8) is 0 Å². The van der Waals surface area contributed by atoms with Gasteiger partial charge in [0, 0.05) is 11.7 Å². The van der Waals surface area contributed by atoms with Crippen molar-refractivity contribution in [2.75, 3.05) is 5.32 Å². The largest absolute Gasteiger partial charge is 0.416 e. The van der Waals surface area contributed by atoms with Crippen LogP contribution < -0.4 is 10.0 Å². The van der Waals surface area contributed by atoms with E-state index in [-0.39, 0.29) is 28.5 Å². The van der Waals surface area contributed by atoms with Crippen LogP contribution in [0.25, 0.3) is 0 Å². The van der Waals surface area contributed by atoms with Gasteiger partial charge in [0.2, 0.25) is 15.9 Å². The lowest BCUT2D eigenvalue weighted by molar-refractivity contribution is -0.137. The molecule has 5 nitrogen and oxygen atoms in total. The molecule has 1 fully saturated rings. The van der Waals surface area contributed by atoms with Gasteiger partial charge >= 0.3 is 6.18 Å². The second-order valence-electron chi connectivity index (χ2n) is 9.24. The maximum atomic E-state index is 12.8. The molecular formula is C26H26ClF3N2O3S2. The van der Waals surface area contributed by atoms with Crippen molar-refractivity contribution < 1.29 is 26.4 Å². The number of halogens is 4. The van der Waals surface area contributed by atoms with Crippen LogP contribution in [0.4, 0.5) is 18.9 Å². The lowest BCUT2D eigenvalue weighted by Gasteiger charge is -2.22. The van der Waals surface area contributed by atoms with Crippen molar-refractivity contribution in [3.05, 3.63) is 81.2 Å². The summed E-state index contributed by atoms with van der Waals surface area (Å²) in [7, 11) is -3.63. The maximum Gasteiger partial charge on any atom is 0.416 e. The van der Waals surface area contributed by atoms with E-state index in [1.807, 2.05) is 19.1 Å². The molecular weight excluding hydrogens is 545 g/mol. The minimum Gasteiger partial charge on any atom is -0.326 e. The zero-order chi connectivity index (χ0) is 26.8. The molecule has 1 heterocycles. The fourth-order valence-corrected chi connectivity index (χ4v) is 7.46. The molecule has 3 aromatic rings. The fourth-order valence-electron chi connectivity index (χ4n) is 4.62. The third-order valence-electron chi connectivity index (χ3n) is 6.53. The summed E-state index contributed by atoms with van der Waals surface area (Å²) in [4.78, 5) is 12.4. The zero-order valence-corrected chi connectivity index (χ0v) is 22.3. The average molecular weight is 571 g/mol. The molecule has 1 aliphatic carbocycles. The normalized spacial score (nSPS) is 18.2. The molecule has 0 unspecified atom stereocenters. The quantitative estimate of drug-likeness (QED) is 0.320. The predicted molar refractivity (Wildman–Crippen MR) is 139 cm³/mol. The Morgan fingerprint density at radius 2 is 1.81 bits per heavy atom. The molecule has 2 aromatic carbocycles. The molecule has 37 heavy (non-hydrogen) atoms. The number of thiophene rings is 1. The van der Waals surface area contributed by atoms with Crippen LogP contribution in [0.5, 0.6) is 0 Å². The number of aryl methyl sites for hydroxylation is 1. The van der Waals surface area contributed by atoms with Gasteiger partial charge in [-0.3, -0.25) is 4.79 Å². The summed E-state index contributed by atoms with van der Waals surface area (Å²) in [6.07, 6.45) is -1.16. The van der Waals surface area contributed by atoms with Crippen molar-refractivity contribution in [2.24, 2.45) is 5.92 Å². The Morgan fingerprint density at radius 1 is 1.08 bits per heavy atom. The Balaban J connectivity index is 1.36. The number of nitrogens with one attached hydrogen (secondary N) is 2. The van der Waals surface area contributed by atoms with Crippen LogP contribution in [0.3, 0.4) is 0 Å². The smallest absolute Gasteiger partial charge is 0.326 e. The van der Waals surface area contributed by atoms with Crippen molar-refractivity contribution in [2.45, 2.75) is 55.5 Å². The van der Waals surface area contributed by atoms with Gasteiger partial charge in [-0.2, -0.15) is 13.2 Å². The molecule has 198 valence electrons. The lowest BCUT2D eigenvalue weighted by Crippen LogP contribution is -2.37. The van der Waals surface area contributed by atoms with Gasteiger partial charge in [0.1, 0.15) is 4.21 Å². The van der Waals surface area contributed by atoms with E-state index in [1.165, 1.54) is 18.2 Å². The first-order chi connectivity index (χ1) is 17.4. The van der Waals surface area contributed by atoms with Crippen LogP contribution in [-0.4, -0.2) is 20.4 Å². The molecule has 2 N–H and O–H groups in total. The highest BCUT2D eigenvalue weighted by atomic mass is 35.5. The van der Waals surface area contributed by atoms with Crippen LogP contribution in [0, 0.1) is 12.8 Å². The number of hydrogen-bond donors (Lipinski definition) is 2. The maximum absolute atomic E-state index is 12.8. The molecule has 1 aromatic heterocycles. The highest BCUT2D eigenvalue weighted by Crippen LogP contribution is 2.33. The molecule has 11 heteroatoms. The van der Waals surface area contributed by atoms with E-state index in [0.29, 0.717) is 22.0 Å². The first kappa shape index (κ1) is 27.6. The van der Waals surface area contributed by atoms with Crippen molar-refractivity contribution >= 4 is 44.6 Å². The van der Waals surface area contributed by atoms with Crippen LogP contribution in [-0.2, 0) is 33.8 Å². The Bertz CT molecular complexity index is 1370. The minimum absolute atomic E-state index is 0.0434. The Hall–Kier alpha value is -2.40. The second-order valence-corrected chi connectivity index (χ2v) is 12.9. The highest BCUT2D eigenvalue weighted by Gasteiger charge is 2.32. The van der Waals surface area contributed by atoms with Crippen LogP contribution in [0.1, 0.15) is 41.5 Å². The molecule has 1 amide bonds. The summed E-state index contributed by atoms with van der Waals surface area (Å²) in [5.41, 5.74) is 2.35. The fraction of sp³-hybridized carbons (Fsp3) is 0.346. The summed E-state index contributed by atoms with van der Waals surface area (Å²) in [6, 6.07) is 13.0. The third kappa shape index (κ3) is 7.13. The van der Waals surface area contributed by atoms with Crippen LogP contribution in [0.15, 0.2) is 58.8 Å². The number of rotatable bonds is 8. The van der Waals surface area contributed by atoms with E-state index >= 15 is 0 Å². The monoisotopic (exact) mass is 570 g/mol. The minimum atomic E-state index is -4.42. The summed E-state index contributed by atoms with van der Waals surface area (Å²) in [5.74, 6) is -0.185. The van der Waals surface area contributed by atoms with Gasteiger partial charge in [-0.1, -0.05) is 36.2 Å². The number of carbonyl (C=O) groups excluding carboxylic acids is 1. The molecule has 0 bridgehead atoms. The topological polar surface area (TPSA) is 75.3 Å². The van der Waals surface area contributed by atoms with Crippen LogP contribution in [0.2, 0.25) is 4.34 Å². The number of carbonyl (C=O) groups is 1. The predicted octanol–water partition coefficient (Wildman–Crippen LogP) is 6.60. The SMILES string of the molecule is Cc1cc(NC(=O)Cc2ccc(C(F)(F)F)cc2)ccc1C[C@@H]1CCC[C@@H]1NS(=O)(=O)c1ccc(Cl)s1. The van der Waals surface area contributed by atoms with E-state index in [0.717, 1.165) is 53.9 Å². The van der Waals surface area contributed by atoms with Gasteiger partial charge in [0.15, 0.2) is 0 Å². The van der Waals surface area contributed by atoms with Crippen molar-refractivity contribution in [1.82, 2.24) is 4.72 Å². The van der Waals surface area contributed by atoms with E-state index in [2.05, 4.69) is 10.0 Å². The van der Waals surface area contributed by atoms with Crippen molar-refractivity contribution in [3.8, 4) is 0 Å². The number of hydrogen-bond acceptors (Lipinski definition) is 4. The third-order valence-corrected chi connectivity index (χ3v) is 9.75. The highest BCUT2D eigenvalue weighted by molar-refractivity contribution is 7.91. The first-order valence-corrected chi connectivity index (χ1v) is 14.4. The molecule has 2 atom stereocenters. The number of sulfonamides is 1. The Morgan fingerprint density at radius 3 is 2.43 bits per heavy atom. The van der Waals surface area contributed by atoms with Gasteiger partial charge in [0.05, 0.1) is 16.3 Å². The average Bonchev–Trinajstić information content (AvgIpc) is 3.44. The number of anilines is 1. The van der Waals surface area contributed by atoms with E-state index in [4.69, 9.17) is 11.6 Å². The molecule has 0 saturated heterocycles.